The molecule has 0 radical (unpaired) electrons. The molecule has 6 heteroatoms. The van der Waals surface area contributed by atoms with Gasteiger partial charge in [0.15, 0.2) is 5.82 Å². The average molecular weight is 220 g/mol. The Bertz CT molecular complexity index is 439. The summed E-state index contributed by atoms with van der Waals surface area (Å²) in [6.07, 6.45) is 1.90. The first-order chi connectivity index (χ1) is 7.40. The van der Waals surface area contributed by atoms with Gasteiger partial charge in [0, 0.05) is 0 Å². The minimum atomic E-state index is 0. The first-order valence-corrected chi connectivity index (χ1v) is 4.51. The van der Waals surface area contributed by atoms with Crippen LogP contribution in [0.4, 0.5) is 0 Å². The summed E-state index contributed by atoms with van der Waals surface area (Å²) in [6.45, 7) is 0. The maximum Gasteiger partial charge on any atom is 0.156 e. The van der Waals surface area contributed by atoms with E-state index in [1.54, 1.807) is 0 Å². The van der Waals surface area contributed by atoms with E-state index in [0.29, 0.717) is 18.0 Å². The van der Waals surface area contributed by atoms with Crippen LogP contribution in [0.3, 0.4) is 0 Å². The number of nitrogens with zero attached hydrogens (tertiary/aromatic N) is 3. The Morgan fingerprint density at radius 2 is 2.06 bits per heavy atom. The second kappa shape index (κ2) is 5.62. The van der Waals surface area contributed by atoms with E-state index in [1.165, 1.54) is 6.33 Å². The summed E-state index contributed by atoms with van der Waals surface area (Å²) in [4.78, 5) is 3.97. The van der Waals surface area contributed by atoms with Gasteiger partial charge in [-0.15, -0.1) is 0 Å². The van der Waals surface area contributed by atoms with E-state index in [1.807, 2.05) is 30.3 Å². The van der Waals surface area contributed by atoms with Gasteiger partial charge in [-0.3, -0.25) is 5.10 Å². The number of H-pyrrole nitrogens is 1. The number of aromatic nitrogens is 3. The first kappa shape index (κ1) is 11.9. The highest BCUT2D eigenvalue weighted by Crippen LogP contribution is 2.04. The van der Waals surface area contributed by atoms with E-state index < -0.39 is 0 Å². The predicted octanol–water partition coefficient (Wildman–Crippen LogP) is 0.401. The predicted molar refractivity (Wildman–Crippen MR) is 58.5 cm³/mol. The highest BCUT2D eigenvalue weighted by molar-refractivity contribution is 6.01. The Labute approximate surface area is 92.0 Å². The SMILES string of the molecule is O.ON=C(Cc1nc[nH]n1)c1ccccc1. The zero-order chi connectivity index (χ0) is 10.5. The van der Waals surface area contributed by atoms with E-state index in [4.69, 9.17) is 5.21 Å². The van der Waals surface area contributed by atoms with Crippen molar-refractivity contribution in [1.29, 1.82) is 0 Å². The maximum absolute atomic E-state index is 8.90. The van der Waals surface area contributed by atoms with Crippen molar-refractivity contribution >= 4 is 5.71 Å². The molecule has 2 rings (SSSR count). The van der Waals surface area contributed by atoms with E-state index in [9.17, 15) is 0 Å². The molecule has 16 heavy (non-hydrogen) atoms. The van der Waals surface area contributed by atoms with Gasteiger partial charge in [-0.1, -0.05) is 35.5 Å². The summed E-state index contributed by atoms with van der Waals surface area (Å²) >= 11 is 0. The van der Waals surface area contributed by atoms with Crippen LogP contribution in [0.5, 0.6) is 0 Å². The Balaban J connectivity index is 0.00000128. The van der Waals surface area contributed by atoms with Crippen molar-refractivity contribution in [2.45, 2.75) is 6.42 Å². The number of rotatable bonds is 3. The zero-order valence-corrected chi connectivity index (χ0v) is 8.46. The first-order valence-electron chi connectivity index (χ1n) is 4.51. The van der Waals surface area contributed by atoms with Gasteiger partial charge in [0.2, 0.25) is 0 Å². The number of benzene rings is 1. The van der Waals surface area contributed by atoms with Gasteiger partial charge in [-0.2, -0.15) is 5.10 Å². The summed E-state index contributed by atoms with van der Waals surface area (Å²) in [7, 11) is 0. The van der Waals surface area contributed by atoms with Gasteiger partial charge >= 0.3 is 0 Å². The Morgan fingerprint density at radius 3 is 2.62 bits per heavy atom. The van der Waals surface area contributed by atoms with E-state index in [2.05, 4.69) is 20.3 Å². The third-order valence-electron chi connectivity index (χ3n) is 2.02. The molecule has 0 fully saturated rings. The number of hydrogen-bond donors (Lipinski definition) is 2. The fraction of sp³-hybridized carbons (Fsp3) is 0.100. The van der Waals surface area contributed by atoms with Crippen LogP contribution in [0.2, 0.25) is 0 Å². The van der Waals surface area contributed by atoms with Crippen LogP contribution in [0.1, 0.15) is 11.4 Å². The standard InChI is InChI=1S/C10H10N4O.H2O/c15-14-9(6-10-11-7-12-13-10)8-4-2-1-3-5-8;/h1-5,7,15H,6H2,(H,11,12,13);1H2. The molecule has 0 atom stereocenters. The summed E-state index contributed by atoms with van der Waals surface area (Å²) in [5.41, 5.74) is 1.42. The van der Waals surface area contributed by atoms with Crippen molar-refractivity contribution in [3.8, 4) is 0 Å². The molecule has 0 aliphatic rings. The third-order valence-corrected chi connectivity index (χ3v) is 2.02. The van der Waals surface area contributed by atoms with Crippen molar-refractivity contribution in [2.75, 3.05) is 0 Å². The monoisotopic (exact) mass is 220 g/mol. The van der Waals surface area contributed by atoms with Crippen molar-refractivity contribution in [3.05, 3.63) is 48.0 Å². The molecule has 84 valence electrons. The number of oxime groups is 1. The van der Waals surface area contributed by atoms with Crippen molar-refractivity contribution in [3.63, 3.8) is 0 Å². The summed E-state index contributed by atoms with van der Waals surface area (Å²) in [5, 5.41) is 18.7. The Hall–Kier alpha value is -2.21. The van der Waals surface area contributed by atoms with Crippen molar-refractivity contribution in [1.82, 2.24) is 15.2 Å². The Kier molecular flexibility index (Phi) is 4.16. The molecule has 0 aliphatic carbocycles. The van der Waals surface area contributed by atoms with Crippen LogP contribution >= 0.6 is 0 Å². The smallest absolute Gasteiger partial charge is 0.156 e. The quantitative estimate of drug-likeness (QED) is 0.444. The molecule has 6 nitrogen and oxygen atoms in total. The molecule has 0 amide bonds. The lowest BCUT2D eigenvalue weighted by Gasteiger charge is -2.00. The van der Waals surface area contributed by atoms with Crippen LogP contribution in [-0.2, 0) is 6.42 Å². The average Bonchev–Trinajstić information content (AvgIpc) is 2.80. The van der Waals surface area contributed by atoms with Crippen LogP contribution in [0, 0.1) is 0 Å². The van der Waals surface area contributed by atoms with Gasteiger partial charge < -0.3 is 10.7 Å². The van der Waals surface area contributed by atoms with Crippen LogP contribution in [-0.4, -0.2) is 31.6 Å². The minimum absolute atomic E-state index is 0. The highest BCUT2D eigenvalue weighted by Gasteiger charge is 2.07. The molecule has 1 heterocycles. The van der Waals surface area contributed by atoms with Gasteiger partial charge in [-0.25, -0.2) is 4.98 Å². The maximum atomic E-state index is 8.90. The van der Waals surface area contributed by atoms with Crippen LogP contribution in [0.25, 0.3) is 0 Å². The molecule has 1 aromatic carbocycles. The molecular weight excluding hydrogens is 208 g/mol. The third kappa shape index (κ3) is 2.64. The largest absolute Gasteiger partial charge is 0.412 e. The molecule has 0 spiro atoms. The summed E-state index contributed by atoms with van der Waals surface area (Å²) in [6, 6.07) is 9.44. The van der Waals surface area contributed by atoms with E-state index in [0.717, 1.165) is 5.56 Å². The van der Waals surface area contributed by atoms with Gasteiger partial charge in [0.05, 0.1) is 12.1 Å². The molecular formula is C10H12N4O2. The minimum Gasteiger partial charge on any atom is -0.412 e. The van der Waals surface area contributed by atoms with Gasteiger partial charge in [0.1, 0.15) is 6.33 Å². The molecule has 0 saturated heterocycles. The lowest BCUT2D eigenvalue weighted by Crippen LogP contribution is -2.06. The molecule has 0 unspecified atom stereocenters. The molecule has 2 aromatic rings. The topological polar surface area (TPSA) is 106 Å². The lowest BCUT2D eigenvalue weighted by molar-refractivity contribution is 0.318. The fourth-order valence-electron chi connectivity index (χ4n) is 1.30. The fourth-order valence-corrected chi connectivity index (χ4v) is 1.30. The molecule has 4 N–H and O–H groups in total. The van der Waals surface area contributed by atoms with E-state index >= 15 is 0 Å². The molecule has 0 bridgehead atoms. The molecule has 0 aliphatic heterocycles. The Morgan fingerprint density at radius 1 is 1.31 bits per heavy atom. The number of hydrogen-bond acceptors (Lipinski definition) is 4. The summed E-state index contributed by atoms with van der Waals surface area (Å²) < 4.78 is 0. The second-order valence-corrected chi connectivity index (χ2v) is 3.00. The normalized spacial score (nSPS) is 10.9. The van der Waals surface area contributed by atoms with Crippen molar-refractivity contribution < 1.29 is 10.7 Å². The lowest BCUT2D eigenvalue weighted by atomic mass is 10.1. The van der Waals surface area contributed by atoms with Gasteiger partial charge in [-0.05, 0) is 5.56 Å². The summed E-state index contributed by atoms with van der Waals surface area (Å²) in [5.74, 6) is 0.603. The number of aromatic amines is 1. The van der Waals surface area contributed by atoms with E-state index in [-0.39, 0.29) is 5.48 Å². The highest BCUT2D eigenvalue weighted by atomic mass is 16.4. The number of nitrogens with one attached hydrogen (secondary N) is 1. The molecule has 1 aromatic heterocycles. The van der Waals surface area contributed by atoms with Gasteiger partial charge in [0.25, 0.3) is 0 Å². The molecule has 0 saturated carbocycles. The van der Waals surface area contributed by atoms with Crippen LogP contribution < -0.4 is 0 Å². The zero-order valence-electron chi connectivity index (χ0n) is 8.46. The van der Waals surface area contributed by atoms with Crippen molar-refractivity contribution in [2.24, 2.45) is 5.16 Å². The van der Waals surface area contributed by atoms with Crippen LogP contribution in [0.15, 0.2) is 41.8 Å². The second-order valence-electron chi connectivity index (χ2n) is 3.00.